The zero-order chi connectivity index (χ0) is 7.66. The van der Waals surface area contributed by atoms with Crippen molar-refractivity contribution in [3.63, 3.8) is 0 Å². The molecule has 0 aromatic heterocycles. The van der Waals surface area contributed by atoms with E-state index < -0.39 is 0 Å². The average molecular weight is 157 g/mol. The first-order chi connectivity index (χ1) is 4.91. The van der Waals surface area contributed by atoms with Crippen LogP contribution in [0.1, 0.15) is 25.7 Å². The molecule has 0 heterocycles. The first-order valence-corrected chi connectivity index (χ1v) is 4.35. The molecule has 0 rings (SSSR count). The molecule has 0 atom stereocenters. The number of thiocyanates is 1. The van der Waals surface area contributed by atoms with Gasteiger partial charge in [-0.15, -0.1) is 0 Å². The highest BCUT2D eigenvalue weighted by Crippen LogP contribution is 2.04. The molecule has 0 aliphatic carbocycles. The summed E-state index contributed by atoms with van der Waals surface area (Å²) in [4.78, 5) is 9.84. The molecule has 0 unspecified atom stereocenters. The molecule has 2 nitrogen and oxygen atoms in total. The molecule has 0 N–H and O–H groups in total. The Morgan fingerprint density at radius 3 is 2.80 bits per heavy atom. The molecule has 0 radical (unpaired) electrons. The van der Waals surface area contributed by atoms with E-state index in [9.17, 15) is 4.79 Å². The van der Waals surface area contributed by atoms with Gasteiger partial charge in [0.2, 0.25) is 0 Å². The summed E-state index contributed by atoms with van der Waals surface area (Å²) in [6.45, 7) is 0. The fraction of sp³-hybridized carbons (Fsp3) is 0.714. The number of hydrogen-bond acceptors (Lipinski definition) is 3. The van der Waals surface area contributed by atoms with Crippen molar-refractivity contribution in [2.75, 3.05) is 5.75 Å². The highest BCUT2D eigenvalue weighted by molar-refractivity contribution is 8.03. The number of rotatable bonds is 6. The Balaban J connectivity index is 2.78. The topological polar surface area (TPSA) is 40.9 Å². The van der Waals surface area contributed by atoms with E-state index in [1.165, 1.54) is 11.8 Å². The van der Waals surface area contributed by atoms with Gasteiger partial charge in [-0.1, -0.05) is 6.42 Å². The molecule has 56 valence electrons. The van der Waals surface area contributed by atoms with Gasteiger partial charge >= 0.3 is 0 Å². The van der Waals surface area contributed by atoms with Gasteiger partial charge in [0.1, 0.15) is 11.7 Å². The molecular formula is C7H11NOS. The summed E-state index contributed by atoms with van der Waals surface area (Å²) >= 11 is 1.28. The molecule has 0 aromatic rings. The standard InChI is InChI=1S/C7H11NOS/c8-7-10-6-4-2-1-3-5-9/h5H,1-4,6H2. The van der Waals surface area contributed by atoms with Gasteiger partial charge in [-0.2, -0.15) is 5.26 Å². The maximum Gasteiger partial charge on any atom is 0.133 e. The summed E-state index contributed by atoms with van der Waals surface area (Å²) in [5.74, 6) is 0.898. The van der Waals surface area contributed by atoms with Gasteiger partial charge in [-0.25, -0.2) is 0 Å². The maximum atomic E-state index is 9.84. The van der Waals surface area contributed by atoms with Crippen molar-refractivity contribution in [1.82, 2.24) is 0 Å². The molecule has 10 heavy (non-hydrogen) atoms. The normalized spacial score (nSPS) is 8.70. The number of hydrogen-bond donors (Lipinski definition) is 0. The average Bonchev–Trinajstić information content (AvgIpc) is 1.97. The van der Waals surface area contributed by atoms with E-state index in [1.54, 1.807) is 0 Å². The second-order valence-electron chi connectivity index (χ2n) is 1.96. The van der Waals surface area contributed by atoms with Crippen molar-refractivity contribution in [3.05, 3.63) is 0 Å². The molecule has 0 spiro atoms. The second kappa shape index (κ2) is 8.51. The highest BCUT2D eigenvalue weighted by atomic mass is 32.2. The molecule has 0 aromatic carbocycles. The van der Waals surface area contributed by atoms with Crippen LogP contribution in [0, 0.1) is 10.7 Å². The van der Waals surface area contributed by atoms with Crippen LogP contribution in [0.2, 0.25) is 0 Å². The molecular weight excluding hydrogens is 146 g/mol. The van der Waals surface area contributed by atoms with Crippen molar-refractivity contribution in [2.24, 2.45) is 0 Å². The van der Waals surface area contributed by atoms with E-state index in [2.05, 4.69) is 0 Å². The largest absolute Gasteiger partial charge is 0.303 e. The third-order valence-corrected chi connectivity index (χ3v) is 1.75. The Kier molecular flexibility index (Phi) is 8.09. The van der Waals surface area contributed by atoms with E-state index in [1.807, 2.05) is 5.40 Å². The van der Waals surface area contributed by atoms with Crippen LogP contribution in [0.3, 0.4) is 0 Å². The Morgan fingerprint density at radius 1 is 1.40 bits per heavy atom. The number of thioether (sulfide) groups is 1. The number of carbonyl (C=O) groups is 1. The minimum atomic E-state index is 0.664. The fourth-order valence-corrected chi connectivity index (χ4v) is 1.06. The highest BCUT2D eigenvalue weighted by Gasteiger charge is 1.88. The lowest BCUT2D eigenvalue weighted by Crippen LogP contribution is -1.80. The summed E-state index contributed by atoms with van der Waals surface area (Å²) in [6, 6.07) is 0. The van der Waals surface area contributed by atoms with Crippen molar-refractivity contribution in [3.8, 4) is 5.40 Å². The monoisotopic (exact) mass is 157 g/mol. The smallest absolute Gasteiger partial charge is 0.133 e. The van der Waals surface area contributed by atoms with Crippen LogP contribution in [-0.4, -0.2) is 12.0 Å². The van der Waals surface area contributed by atoms with Crippen molar-refractivity contribution in [2.45, 2.75) is 25.7 Å². The summed E-state index contributed by atoms with van der Waals surface area (Å²) in [5.41, 5.74) is 0. The SMILES string of the molecule is N#CSCCCCCC=O. The first-order valence-electron chi connectivity index (χ1n) is 3.36. The molecule has 3 heteroatoms. The second-order valence-corrected chi connectivity index (χ2v) is 2.84. The van der Waals surface area contributed by atoms with Crippen LogP contribution in [0.4, 0.5) is 0 Å². The summed E-state index contributed by atoms with van der Waals surface area (Å²) in [6.07, 6.45) is 4.68. The predicted octanol–water partition coefficient (Wildman–Crippen LogP) is 1.96. The van der Waals surface area contributed by atoms with Gasteiger partial charge in [0, 0.05) is 12.2 Å². The Hall–Kier alpha value is -0.490. The fourth-order valence-electron chi connectivity index (χ4n) is 0.624. The lowest BCUT2D eigenvalue weighted by atomic mass is 10.2. The number of nitrogens with zero attached hydrogens (tertiary/aromatic N) is 1. The van der Waals surface area contributed by atoms with Crippen molar-refractivity contribution in [1.29, 1.82) is 5.26 Å². The molecule has 0 fully saturated rings. The maximum absolute atomic E-state index is 9.84. The zero-order valence-electron chi connectivity index (χ0n) is 5.88. The number of nitriles is 1. The van der Waals surface area contributed by atoms with Crippen LogP contribution in [0.5, 0.6) is 0 Å². The van der Waals surface area contributed by atoms with Crippen LogP contribution >= 0.6 is 11.8 Å². The molecule has 0 bridgehead atoms. The van der Waals surface area contributed by atoms with Crippen molar-refractivity contribution < 1.29 is 4.79 Å². The molecule has 0 aliphatic rings. The zero-order valence-corrected chi connectivity index (χ0v) is 6.69. The predicted molar refractivity (Wildman–Crippen MR) is 42.6 cm³/mol. The minimum absolute atomic E-state index is 0.664. The van der Waals surface area contributed by atoms with Gasteiger partial charge in [-0.05, 0) is 24.6 Å². The quantitative estimate of drug-likeness (QED) is 0.336. The molecule has 0 aliphatic heterocycles. The van der Waals surface area contributed by atoms with Crippen LogP contribution in [0.15, 0.2) is 0 Å². The van der Waals surface area contributed by atoms with Gasteiger partial charge in [0.25, 0.3) is 0 Å². The molecule has 0 saturated heterocycles. The van der Waals surface area contributed by atoms with Gasteiger partial charge < -0.3 is 4.79 Å². The van der Waals surface area contributed by atoms with Crippen LogP contribution < -0.4 is 0 Å². The third kappa shape index (κ3) is 7.51. The minimum Gasteiger partial charge on any atom is -0.303 e. The summed E-state index contributed by atoms with van der Waals surface area (Å²) in [7, 11) is 0. The Bertz CT molecular complexity index is 119. The van der Waals surface area contributed by atoms with E-state index in [4.69, 9.17) is 5.26 Å². The summed E-state index contributed by atoms with van der Waals surface area (Å²) < 4.78 is 0. The van der Waals surface area contributed by atoms with E-state index in [-0.39, 0.29) is 0 Å². The van der Waals surface area contributed by atoms with Crippen molar-refractivity contribution >= 4 is 18.0 Å². The van der Waals surface area contributed by atoms with E-state index in [0.29, 0.717) is 6.42 Å². The van der Waals surface area contributed by atoms with E-state index >= 15 is 0 Å². The number of unbranched alkanes of at least 4 members (excludes halogenated alkanes) is 3. The van der Waals surface area contributed by atoms with Gasteiger partial charge in [0.05, 0.1) is 0 Å². The van der Waals surface area contributed by atoms with Crippen LogP contribution in [0.25, 0.3) is 0 Å². The lowest BCUT2D eigenvalue weighted by molar-refractivity contribution is -0.107. The van der Waals surface area contributed by atoms with Gasteiger partial charge in [-0.3, -0.25) is 0 Å². The summed E-state index contributed by atoms with van der Waals surface area (Å²) in [5, 5.41) is 10.1. The first kappa shape index (κ1) is 9.51. The number of aldehydes is 1. The molecule has 0 saturated carbocycles. The Labute approximate surface area is 65.6 Å². The van der Waals surface area contributed by atoms with Crippen LogP contribution in [-0.2, 0) is 4.79 Å². The van der Waals surface area contributed by atoms with Gasteiger partial charge in [0.15, 0.2) is 0 Å². The molecule has 0 amide bonds. The van der Waals surface area contributed by atoms with E-state index in [0.717, 1.165) is 31.3 Å². The number of carbonyl (C=O) groups excluding carboxylic acids is 1. The third-order valence-electron chi connectivity index (χ3n) is 1.13. The Morgan fingerprint density at radius 2 is 2.20 bits per heavy atom. The lowest BCUT2D eigenvalue weighted by Gasteiger charge is -1.92.